The Morgan fingerprint density at radius 1 is 0.917 bits per heavy atom. The summed E-state index contributed by atoms with van der Waals surface area (Å²) in [7, 11) is 1.61. The van der Waals surface area contributed by atoms with Gasteiger partial charge in [0.25, 0.3) is 0 Å². The van der Waals surface area contributed by atoms with Crippen molar-refractivity contribution in [1.82, 2.24) is 14.1 Å². The molecule has 2 heterocycles. The molecule has 0 spiro atoms. The van der Waals surface area contributed by atoms with Crippen molar-refractivity contribution in [2.45, 2.75) is 6.23 Å². The number of imidazole rings is 1. The molecule has 2 aromatic heterocycles. The monoisotopic (exact) mass is 480 g/mol. The van der Waals surface area contributed by atoms with Gasteiger partial charge in [-0.2, -0.15) is 0 Å². The van der Waals surface area contributed by atoms with E-state index in [1.807, 2.05) is 60.7 Å². The number of fused-ring (bicyclic) bond motifs is 1. The van der Waals surface area contributed by atoms with Gasteiger partial charge in [-0.25, -0.2) is 4.79 Å². The molecule has 1 atom stereocenters. The number of rotatable bonds is 8. The third-order valence-electron chi connectivity index (χ3n) is 5.66. The summed E-state index contributed by atoms with van der Waals surface area (Å²) in [6.45, 7) is 3.57. The summed E-state index contributed by atoms with van der Waals surface area (Å²) >= 11 is 0. The molecule has 0 radical (unpaired) electrons. The summed E-state index contributed by atoms with van der Waals surface area (Å²) < 4.78 is 14.4. The Kier molecular flexibility index (Phi) is 6.25. The number of nitrogens with one attached hydrogen (secondary N) is 1. The summed E-state index contributed by atoms with van der Waals surface area (Å²) in [5.41, 5.74) is 3.09. The molecule has 0 amide bonds. The highest BCUT2D eigenvalue weighted by atomic mass is 16.5. The average molecular weight is 481 g/mol. The number of methoxy groups -OCH3 is 1. The van der Waals surface area contributed by atoms with Crippen LogP contribution in [0.4, 0.5) is 5.69 Å². The zero-order chi connectivity index (χ0) is 25.1. The zero-order valence-electron chi connectivity index (χ0n) is 19.5. The molecule has 5 rings (SSSR count). The predicted octanol–water partition coefficient (Wildman–Crippen LogP) is 4.89. The molecule has 180 valence electrons. The first-order valence-corrected chi connectivity index (χ1v) is 11.2. The van der Waals surface area contributed by atoms with Crippen LogP contribution in [0.1, 0.15) is 0 Å². The number of aromatic nitrogens is 3. The van der Waals surface area contributed by atoms with Crippen LogP contribution in [0.25, 0.3) is 22.4 Å². The molecule has 8 nitrogen and oxygen atoms in total. The molecule has 0 aliphatic heterocycles. The molecule has 8 heteroatoms. The number of pyridine rings is 1. The van der Waals surface area contributed by atoms with Gasteiger partial charge in [0.2, 0.25) is 0 Å². The van der Waals surface area contributed by atoms with Crippen molar-refractivity contribution in [3.8, 4) is 28.6 Å². The fourth-order valence-electron chi connectivity index (χ4n) is 3.97. The lowest BCUT2D eigenvalue weighted by Gasteiger charge is -2.11. The number of nitrogens with zero attached hydrogens (tertiary/aromatic N) is 3. The van der Waals surface area contributed by atoms with E-state index in [1.165, 1.54) is 6.08 Å². The Morgan fingerprint density at radius 2 is 1.67 bits per heavy atom. The van der Waals surface area contributed by atoms with Crippen molar-refractivity contribution in [3.05, 3.63) is 114 Å². The summed E-state index contributed by atoms with van der Waals surface area (Å²) in [4.78, 5) is 17.9. The SMILES string of the molecule is C=CC(O)Nc1cccc(-n2c(=O)n(-c3ccc(Oc4cccc(OC)c4)cc3)c3cnccc32)c1. The third-order valence-corrected chi connectivity index (χ3v) is 5.66. The number of aliphatic hydroxyl groups excluding tert-OH is 1. The van der Waals surface area contributed by atoms with Gasteiger partial charge in [0.15, 0.2) is 0 Å². The quantitative estimate of drug-likeness (QED) is 0.243. The Labute approximate surface area is 207 Å². The molecule has 0 aliphatic rings. The van der Waals surface area contributed by atoms with Gasteiger partial charge >= 0.3 is 5.69 Å². The van der Waals surface area contributed by atoms with Crippen LogP contribution in [0, 0.1) is 0 Å². The number of aliphatic hydroxyl groups is 1. The van der Waals surface area contributed by atoms with Crippen LogP contribution in [-0.2, 0) is 0 Å². The van der Waals surface area contributed by atoms with Crippen LogP contribution in [-0.4, -0.2) is 32.6 Å². The van der Waals surface area contributed by atoms with E-state index in [1.54, 1.807) is 46.8 Å². The number of anilines is 1. The molecular formula is C28H24N4O4. The number of benzene rings is 3. The molecule has 0 bridgehead atoms. The minimum atomic E-state index is -0.903. The van der Waals surface area contributed by atoms with E-state index >= 15 is 0 Å². The number of ether oxygens (including phenoxy) is 2. The van der Waals surface area contributed by atoms with E-state index < -0.39 is 6.23 Å². The Morgan fingerprint density at radius 3 is 2.44 bits per heavy atom. The molecule has 36 heavy (non-hydrogen) atoms. The van der Waals surface area contributed by atoms with Crippen LogP contribution in [0.5, 0.6) is 17.2 Å². The van der Waals surface area contributed by atoms with Crippen LogP contribution < -0.4 is 20.5 Å². The second-order valence-corrected chi connectivity index (χ2v) is 7.97. The maximum absolute atomic E-state index is 13.7. The molecule has 5 aromatic rings. The van der Waals surface area contributed by atoms with Crippen LogP contribution >= 0.6 is 0 Å². The smallest absolute Gasteiger partial charge is 0.338 e. The fourth-order valence-corrected chi connectivity index (χ4v) is 3.97. The Hall–Kier alpha value is -4.82. The van der Waals surface area contributed by atoms with E-state index in [0.717, 1.165) is 0 Å². The van der Waals surface area contributed by atoms with Crippen molar-refractivity contribution in [2.24, 2.45) is 0 Å². The highest BCUT2D eigenvalue weighted by molar-refractivity contribution is 5.79. The topological polar surface area (TPSA) is 90.5 Å². The lowest BCUT2D eigenvalue weighted by molar-refractivity contribution is 0.253. The lowest BCUT2D eigenvalue weighted by atomic mass is 10.2. The van der Waals surface area contributed by atoms with Crippen molar-refractivity contribution in [3.63, 3.8) is 0 Å². The van der Waals surface area contributed by atoms with Crippen LogP contribution in [0.3, 0.4) is 0 Å². The largest absolute Gasteiger partial charge is 0.497 e. The number of hydrogen-bond donors (Lipinski definition) is 2. The molecule has 3 aromatic carbocycles. The van der Waals surface area contributed by atoms with E-state index in [2.05, 4.69) is 16.9 Å². The van der Waals surface area contributed by atoms with E-state index in [-0.39, 0.29) is 5.69 Å². The summed E-state index contributed by atoms with van der Waals surface area (Å²) in [6.07, 6.45) is 3.80. The van der Waals surface area contributed by atoms with Crippen molar-refractivity contribution in [1.29, 1.82) is 0 Å². The maximum atomic E-state index is 13.7. The first-order valence-electron chi connectivity index (χ1n) is 11.2. The van der Waals surface area contributed by atoms with Gasteiger partial charge in [-0.1, -0.05) is 18.7 Å². The summed E-state index contributed by atoms with van der Waals surface area (Å²) in [5.74, 6) is 1.98. The highest BCUT2D eigenvalue weighted by Crippen LogP contribution is 2.27. The number of hydrogen-bond acceptors (Lipinski definition) is 6. The van der Waals surface area contributed by atoms with E-state index in [9.17, 15) is 9.90 Å². The second kappa shape index (κ2) is 9.81. The molecule has 0 fully saturated rings. The molecule has 1 unspecified atom stereocenters. The van der Waals surface area contributed by atoms with Crippen molar-refractivity contribution in [2.75, 3.05) is 12.4 Å². The Bertz CT molecular complexity index is 1590. The standard InChI is InChI=1S/C28H24N4O4/c1-3-27(33)30-19-6-4-7-21(16-19)32-25-14-15-29-18-26(25)31(28(32)34)20-10-12-22(13-11-20)36-24-9-5-8-23(17-24)35-2/h3-18,27,30,33H,1H2,2H3. The predicted molar refractivity (Wildman–Crippen MR) is 140 cm³/mol. The average Bonchev–Trinajstić information content (AvgIpc) is 3.21. The van der Waals surface area contributed by atoms with Gasteiger partial charge in [0.05, 0.1) is 35.7 Å². The molecule has 0 aliphatic carbocycles. The van der Waals surface area contributed by atoms with Gasteiger partial charge in [-0.05, 0) is 66.7 Å². The first-order chi connectivity index (χ1) is 17.6. The van der Waals surface area contributed by atoms with Crippen molar-refractivity contribution >= 4 is 16.7 Å². The van der Waals surface area contributed by atoms with Gasteiger partial charge < -0.3 is 19.9 Å². The van der Waals surface area contributed by atoms with Gasteiger partial charge in [0.1, 0.15) is 23.5 Å². The van der Waals surface area contributed by atoms with Crippen molar-refractivity contribution < 1.29 is 14.6 Å². The normalized spacial score (nSPS) is 11.7. The third kappa shape index (κ3) is 4.45. The van der Waals surface area contributed by atoms with E-state index in [4.69, 9.17) is 9.47 Å². The van der Waals surface area contributed by atoms with Crippen LogP contribution in [0.15, 0.2) is 109 Å². The van der Waals surface area contributed by atoms with Gasteiger partial charge in [-0.3, -0.25) is 14.1 Å². The second-order valence-electron chi connectivity index (χ2n) is 7.97. The minimum absolute atomic E-state index is 0.249. The summed E-state index contributed by atoms with van der Waals surface area (Å²) in [5, 5.41) is 12.8. The highest BCUT2D eigenvalue weighted by Gasteiger charge is 2.17. The lowest BCUT2D eigenvalue weighted by Crippen LogP contribution is -2.22. The Balaban J connectivity index is 1.53. The first kappa shape index (κ1) is 22.9. The van der Waals surface area contributed by atoms with Gasteiger partial charge in [-0.15, -0.1) is 0 Å². The maximum Gasteiger partial charge on any atom is 0.338 e. The molecular weight excluding hydrogens is 456 g/mol. The molecule has 0 saturated carbocycles. The minimum Gasteiger partial charge on any atom is -0.497 e. The summed E-state index contributed by atoms with van der Waals surface area (Å²) in [6, 6.07) is 23.7. The van der Waals surface area contributed by atoms with Gasteiger partial charge in [0, 0.05) is 18.0 Å². The van der Waals surface area contributed by atoms with E-state index in [0.29, 0.717) is 45.3 Å². The molecule has 0 saturated heterocycles. The molecule has 2 N–H and O–H groups in total. The zero-order valence-corrected chi connectivity index (χ0v) is 19.5. The fraction of sp³-hybridized carbons (Fsp3) is 0.0714. The van der Waals surface area contributed by atoms with Crippen LogP contribution in [0.2, 0.25) is 0 Å².